The van der Waals surface area contributed by atoms with Crippen LogP contribution in [0, 0.1) is 11.8 Å². The quantitative estimate of drug-likeness (QED) is 0.813. The van der Waals surface area contributed by atoms with E-state index in [0.29, 0.717) is 11.4 Å². The largest absolute Gasteiger partial charge is 0.444 e. The van der Waals surface area contributed by atoms with Gasteiger partial charge in [0.25, 0.3) is 0 Å². The summed E-state index contributed by atoms with van der Waals surface area (Å²) in [6, 6.07) is 13.0. The molecule has 1 amide bonds. The summed E-state index contributed by atoms with van der Waals surface area (Å²) in [5, 5.41) is 2.67. The minimum atomic E-state index is -0.535. The number of carbonyl (C=O) groups excluding carboxylic acids is 1. The molecule has 112 valence electrons. The summed E-state index contributed by atoms with van der Waals surface area (Å²) in [6.45, 7) is 5.45. The summed E-state index contributed by atoms with van der Waals surface area (Å²) in [4.78, 5) is 15.9. The number of hydrogen-bond donors (Lipinski definition) is 1. The van der Waals surface area contributed by atoms with Gasteiger partial charge in [-0.3, -0.25) is 5.32 Å². The zero-order chi connectivity index (χ0) is 16.0. The van der Waals surface area contributed by atoms with Crippen molar-refractivity contribution in [1.82, 2.24) is 4.98 Å². The van der Waals surface area contributed by atoms with Crippen LogP contribution >= 0.6 is 0 Å². The average molecular weight is 294 g/mol. The van der Waals surface area contributed by atoms with Crippen molar-refractivity contribution in [2.24, 2.45) is 0 Å². The highest BCUT2D eigenvalue weighted by molar-refractivity contribution is 5.84. The van der Waals surface area contributed by atoms with Gasteiger partial charge in [-0.15, -0.1) is 0 Å². The van der Waals surface area contributed by atoms with Gasteiger partial charge in [-0.25, -0.2) is 9.78 Å². The third-order valence-corrected chi connectivity index (χ3v) is 2.51. The number of nitrogens with zero attached hydrogens (tertiary/aromatic N) is 1. The molecule has 0 aliphatic carbocycles. The fourth-order valence-corrected chi connectivity index (χ4v) is 1.66. The Morgan fingerprint density at radius 3 is 2.55 bits per heavy atom. The van der Waals surface area contributed by atoms with Crippen molar-refractivity contribution >= 4 is 11.8 Å². The predicted octanol–water partition coefficient (Wildman–Crippen LogP) is 3.83. The number of anilines is 1. The van der Waals surface area contributed by atoms with Crippen LogP contribution in [-0.4, -0.2) is 16.7 Å². The first-order valence-electron chi connectivity index (χ1n) is 6.95. The Labute approximate surface area is 130 Å². The van der Waals surface area contributed by atoms with Crippen LogP contribution in [0.2, 0.25) is 0 Å². The van der Waals surface area contributed by atoms with Gasteiger partial charge in [0, 0.05) is 17.4 Å². The molecule has 0 radical (unpaired) electrons. The minimum Gasteiger partial charge on any atom is -0.444 e. The van der Waals surface area contributed by atoms with Crippen LogP contribution < -0.4 is 5.32 Å². The summed E-state index contributed by atoms with van der Waals surface area (Å²) in [5.41, 5.74) is 1.56. The van der Waals surface area contributed by atoms with E-state index in [1.807, 2.05) is 51.1 Å². The maximum Gasteiger partial charge on any atom is 0.412 e. The van der Waals surface area contributed by atoms with Gasteiger partial charge in [-0.2, -0.15) is 0 Å². The Kier molecular flexibility index (Phi) is 4.80. The first kappa shape index (κ1) is 15.6. The molecule has 0 atom stereocenters. The van der Waals surface area contributed by atoms with Crippen molar-refractivity contribution in [2.45, 2.75) is 26.4 Å². The van der Waals surface area contributed by atoms with Crippen LogP contribution in [0.4, 0.5) is 10.5 Å². The van der Waals surface area contributed by atoms with Gasteiger partial charge in [-0.05, 0) is 51.0 Å². The Balaban J connectivity index is 2.08. The molecule has 4 nitrogen and oxygen atoms in total. The Morgan fingerprint density at radius 1 is 1.14 bits per heavy atom. The zero-order valence-electron chi connectivity index (χ0n) is 12.9. The molecule has 0 unspecified atom stereocenters. The lowest BCUT2D eigenvalue weighted by Crippen LogP contribution is -2.27. The van der Waals surface area contributed by atoms with E-state index in [1.165, 1.54) is 0 Å². The number of hydrogen-bond acceptors (Lipinski definition) is 3. The lowest BCUT2D eigenvalue weighted by molar-refractivity contribution is 0.0636. The minimum absolute atomic E-state index is 0.499. The first-order valence-corrected chi connectivity index (χ1v) is 6.95. The lowest BCUT2D eigenvalue weighted by atomic mass is 10.2. The van der Waals surface area contributed by atoms with Crippen LogP contribution in [0.15, 0.2) is 48.7 Å². The molecule has 0 spiro atoms. The highest BCUT2D eigenvalue weighted by atomic mass is 16.6. The van der Waals surface area contributed by atoms with Crippen molar-refractivity contribution < 1.29 is 9.53 Å². The second-order valence-electron chi connectivity index (χ2n) is 5.67. The van der Waals surface area contributed by atoms with E-state index < -0.39 is 11.7 Å². The van der Waals surface area contributed by atoms with Gasteiger partial charge in [0.2, 0.25) is 0 Å². The number of benzene rings is 1. The summed E-state index contributed by atoms with van der Waals surface area (Å²) in [5.74, 6) is 5.99. The summed E-state index contributed by atoms with van der Waals surface area (Å²) < 4.78 is 5.20. The molecule has 2 aromatic rings. The zero-order valence-corrected chi connectivity index (χ0v) is 12.9. The number of carbonyl (C=O) groups is 1. The van der Waals surface area contributed by atoms with Crippen molar-refractivity contribution in [2.75, 3.05) is 5.32 Å². The Morgan fingerprint density at radius 2 is 1.86 bits per heavy atom. The second-order valence-corrected chi connectivity index (χ2v) is 5.67. The number of pyridine rings is 1. The number of amides is 1. The first-order chi connectivity index (χ1) is 10.4. The molecule has 0 fully saturated rings. The van der Waals surface area contributed by atoms with Gasteiger partial charge in [0.1, 0.15) is 11.3 Å². The van der Waals surface area contributed by atoms with Crippen LogP contribution in [0.3, 0.4) is 0 Å². The SMILES string of the molecule is CC(C)(C)OC(=O)Nc1ccnc(C#Cc2ccccc2)c1. The van der Waals surface area contributed by atoms with Gasteiger partial charge in [-0.1, -0.05) is 24.1 Å². The third-order valence-electron chi connectivity index (χ3n) is 2.51. The second kappa shape index (κ2) is 6.77. The summed E-state index contributed by atoms with van der Waals surface area (Å²) in [6.07, 6.45) is 1.10. The molecular weight excluding hydrogens is 276 g/mol. The van der Waals surface area contributed by atoms with E-state index in [-0.39, 0.29) is 0 Å². The lowest BCUT2D eigenvalue weighted by Gasteiger charge is -2.19. The molecule has 4 heteroatoms. The van der Waals surface area contributed by atoms with Gasteiger partial charge in [0.05, 0.1) is 0 Å². The van der Waals surface area contributed by atoms with E-state index in [0.717, 1.165) is 5.56 Å². The van der Waals surface area contributed by atoms with Crippen LogP contribution in [0.5, 0.6) is 0 Å². The van der Waals surface area contributed by atoms with Gasteiger partial charge in [0.15, 0.2) is 0 Å². The molecule has 1 N–H and O–H groups in total. The smallest absolute Gasteiger partial charge is 0.412 e. The summed E-state index contributed by atoms with van der Waals surface area (Å²) >= 11 is 0. The molecule has 22 heavy (non-hydrogen) atoms. The maximum atomic E-state index is 11.7. The number of aromatic nitrogens is 1. The van der Waals surface area contributed by atoms with E-state index in [2.05, 4.69) is 22.1 Å². The average Bonchev–Trinajstić information content (AvgIpc) is 2.44. The topological polar surface area (TPSA) is 51.2 Å². The van der Waals surface area contributed by atoms with Gasteiger partial charge < -0.3 is 4.74 Å². The van der Waals surface area contributed by atoms with E-state index in [1.54, 1.807) is 18.3 Å². The maximum absolute atomic E-state index is 11.7. The number of ether oxygens (including phenoxy) is 1. The predicted molar refractivity (Wildman–Crippen MR) is 86.5 cm³/mol. The van der Waals surface area contributed by atoms with E-state index in [9.17, 15) is 4.79 Å². The Bertz CT molecular complexity index is 707. The molecule has 1 heterocycles. The third kappa shape index (κ3) is 5.29. The van der Waals surface area contributed by atoms with E-state index in [4.69, 9.17) is 4.74 Å². The standard InChI is InChI=1S/C18H18N2O2/c1-18(2,3)22-17(21)20-16-11-12-19-15(13-16)10-9-14-7-5-4-6-8-14/h4-8,11-13H,1-3H3,(H,19,20,21). The summed E-state index contributed by atoms with van der Waals surface area (Å²) in [7, 11) is 0. The van der Waals surface area contributed by atoms with Crippen molar-refractivity contribution in [3.63, 3.8) is 0 Å². The molecule has 2 rings (SSSR count). The van der Waals surface area contributed by atoms with Crippen LogP contribution in [0.1, 0.15) is 32.0 Å². The fraction of sp³-hybridized carbons (Fsp3) is 0.222. The molecule has 0 aliphatic rings. The number of rotatable bonds is 1. The van der Waals surface area contributed by atoms with Crippen molar-refractivity contribution in [3.05, 3.63) is 59.9 Å². The monoisotopic (exact) mass is 294 g/mol. The molecule has 0 bridgehead atoms. The molecule has 1 aromatic heterocycles. The normalized spacial score (nSPS) is 10.3. The highest BCUT2D eigenvalue weighted by Crippen LogP contribution is 2.12. The van der Waals surface area contributed by atoms with Crippen LogP contribution in [-0.2, 0) is 4.74 Å². The molecule has 0 aliphatic heterocycles. The highest BCUT2D eigenvalue weighted by Gasteiger charge is 2.16. The van der Waals surface area contributed by atoms with E-state index >= 15 is 0 Å². The van der Waals surface area contributed by atoms with Crippen molar-refractivity contribution in [3.8, 4) is 11.8 Å². The van der Waals surface area contributed by atoms with Crippen LogP contribution in [0.25, 0.3) is 0 Å². The molecular formula is C18H18N2O2. The fourth-order valence-electron chi connectivity index (χ4n) is 1.66. The van der Waals surface area contributed by atoms with Crippen molar-refractivity contribution in [1.29, 1.82) is 0 Å². The van der Waals surface area contributed by atoms with Gasteiger partial charge >= 0.3 is 6.09 Å². The Hall–Kier alpha value is -2.80. The molecule has 0 saturated heterocycles. The number of nitrogens with one attached hydrogen (secondary N) is 1. The molecule has 0 saturated carbocycles. The molecule has 1 aromatic carbocycles.